The van der Waals surface area contributed by atoms with Crippen molar-refractivity contribution in [2.75, 3.05) is 13.2 Å². The summed E-state index contributed by atoms with van der Waals surface area (Å²) in [5.74, 6) is -0.636. The Morgan fingerprint density at radius 1 is 1.35 bits per heavy atom. The van der Waals surface area contributed by atoms with E-state index in [1.54, 1.807) is 6.92 Å². The smallest absolute Gasteiger partial charge is 0.433 e. The van der Waals surface area contributed by atoms with E-state index in [9.17, 15) is 23.2 Å². The molecule has 0 unspecified atom stereocenters. The number of nitriles is 1. The molecular weight excluding hydrogens is 451 g/mol. The Kier molecular flexibility index (Phi) is 7.33. The summed E-state index contributed by atoms with van der Waals surface area (Å²) in [6, 6.07) is 5.36. The zero-order valence-electron chi connectivity index (χ0n) is 18.0. The summed E-state index contributed by atoms with van der Waals surface area (Å²) in [7, 11) is 0. The van der Waals surface area contributed by atoms with Gasteiger partial charge in [0.05, 0.1) is 13.2 Å². The summed E-state index contributed by atoms with van der Waals surface area (Å²) in [4.78, 5) is 20.0. The van der Waals surface area contributed by atoms with Crippen molar-refractivity contribution in [3.05, 3.63) is 83.1 Å². The van der Waals surface area contributed by atoms with E-state index >= 15 is 0 Å². The molecule has 0 saturated carbocycles. The number of halogens is 3. The molecule has 1 aliphatic heterocycles. The Labute approximate surface area is 193 Å². The topological polar surface area (TPSA) is 123 Å². The Bertz CT molecular complexity index is 1210. The van der Waals surface area contributed by atoms with Gasteiger partial charge in [0.15, 0.2) is 0 Å². The number of pyridine rings is 2. The Morgan fingerprint density at radius 3 is 2.65 bits per heavy atom. The minimum Gasteiger partial charge on any atom is -0.468 e. The van der Waals surface area contributed by atoms with Crippen molar-refractivity contribution in [2.45, 2.75) is 19.2 Å². The third-order valence-corrected chi connectivity index (χ3v) is 4.68. The standard InChI is InChI=1S/C23H20F3N5O3/c1-3-17(31-21(32)14-4-5-29-20(7-14)23(24,25)26)8-19(13(2)28)16-6-15(9-27)22(30-10-16)34-18-11-33-12-18/h3-8,10,18H,1,11-12,28H2,2H3,(H,31,32)/b17-8+,19-13+. The molecule has 0 aliphatic carbocycles. The molecule has 34 heavy (non-hydrogen) atoms. The van der Waals surface area contributed by atoms with Crippen molar-refractivity contribution in [2.24, 2.45) is 5.73 Å². The van der Waals surface area contributed by atoms with Crippen molar-refractivity contribution in [3.63, 3.8) is 0 Å². The second-order valence-corrected chi connectivity index (χ2v) is 7.25. The van der Waals surface area contributed by atoms with Gasteiger partial charge in [0.25, 0.3) is 5.91 Å². The number of amides is 1. The van der Waals surface area contributed by atoms with Gasteiger partial charge in [-0.25, -0.2) is 4.98 Å². The first-order chi connectivity index (χ1) is 16.1. The number of carbonyl (C=O) groups is 1. The molecule has 2 aromatic heterocycles. The Hall–Kier alpha value is -4.17. The summed E-state index contributed by atoms with van der Waals surface area (Å²) in [6.45, 7) is 6.06. The van der Waals surface area contributed by atoms with E-state index in [1.807, 2.05) is 6.07 Å². The van der Waals surface area contributed by atoms with E-state index < -0.39 is 17.8 Å². The highest BCUT2D eigenvalue weighted by Gasteiger charge is 2.33. The number of rotatable bonds is 7. The average molecular weight is 471 g/mol. The van der Waals surface area contributed by atoms with Gasteiger partial charge < -0.3 is 20.5 Å². The van der Waals surface area contributed by atoms with Crippen molar-refractivity contribution in [1.29, 1.82) is 5.26 Å². The first-order valence-electron chi connectivity index (χ1n) is 9.92. The zero-order valence-corrected chi connectivity index (χ0v) is 18.0. The SMILES string of the molecule is C=C/C(=C\C(=C(\C)N)c1cnc(OC2COC2)c(C#N)c1)NC(=O)c1ccnc(C(F)(F)F)c1. The van der Waals surface area contributed by atoms with Crippen LogP contribution in [-0.2, 0) is 10.9 Å². The minimum atomic E-state index is -4.69. The van der Waals surface area contributed by atoms with Gasteiger partial charge in [-0.1, -0.05) is 6.58 Å². The number of hydrogen-bond acceptors (Lipinski definition) is 7. The number of aromatic nitrogens is 2. The molecule has 1 fully saturated rings. The van der Waals surface area contributed by atoms with E-state index in [-0.39, 0.29) is 28.8 Å². The van der Waals surface area contributed by atoms with E-state index in [0.717, 1.165) is 12.3 Å². The monoisotopic (exact) mass is 471 g/mol. The van der Waals surface area contributed by atoms with Gasteiger partial charge in [-0.15, -0.1) is 0 Å². The molecule has 11 heteroatoms. The molecule has 0 aromatic carbocycles. The summed E-state index contributed by atoms with van der Waals surface area (Å²) in [5.41, 5.74) is 6.16. The minimum absolute atomic E-state index is 0.160. The maximum atomic E-state index is 12.9. The second kappa shape index (κ2) is 10.2. The van der Waals surface area contributed by atoms with Crippen LogP contribution < -0.4 is 15.8 Å². The number of nitrogens with two attached hydrogens (primary N) is 1. The maximum Gasteiger partial charge on any atom is 0.433 e. The summed E-state index contributed by atoms with van der Waals surface area (Å²) in [6.07, 6.45) is 0.277. The lowest BCUT2D eigenvalue weighted by Gasteiger charge is -2.26. The van der Waals surface area contributed by atoms with Gasteiger partial charge in [-0.3, -0.25) is 9.78 Å². The van der Waals surface area contributed by atoms with Crippen LogP contribution in [-0.4, -0.2) is 35.2 Å². The van der Waals surface area contributed by atoms with Crippen LogP contribution in [0.4, 0.5) is 13.2 Å². The highest BCUT2D eigenvalue weighted by Crippen LogP contribution is 2.28. The molecule has 1 aliphatic rings. The molecule has 0 spiro atoms. The van der Waals surface area contributed by atoms with E-state index in [2.05, 4.69) is 21.9 Å². The number of ether oxygens (including phenoxy) is 2. The molecule has 8 nitrogen and oxygen atoms in total. The molecule has 3 N–H and O–H groups in total. The number of allylic oxidation sites excluding steroid dienone is 4. The molecule has 0 bridgehead atoms. The summed E-state index contributed by atoms with van der Waals surface area (Å²) >= 11 is 0. The third kappa shape index (κ3) is 5.79. The van der Waals surface area contributed by atoms with Crippen molar-refractivity contribution in [3.8, 4) is 11.9 Å². The van der Waals surface area contributed by atoms with Crippen LogP contribution in [0.2, 0.25) is 0 Å². The van der Waals surface area contributed by atoms with Crippen LogP contribution in [0.25, 0.3) is 5.57 Å². The van der Waals surface area contributed by atoms with Gasteiger partial charge in [-0.2, -0.15) is 18.4 Å². The third-order valence-electron chi connectivity index (χ3n) is 4.68. The molecule has 3 heterocycles. The fraction of sp³-hybridized carbons (Fsp3) is 0.217. The summed E-state index contributed by atoms with van der Waals surface area (Å²) < 4.78 is 49.4. The molecule has 3 rings (SSSR count). The Balaban J connectivity index is 1.87. The van der Waals surface area contributed by atoms with E-state index in [4.69, 9.17) is 15.2 Å². The quantitative estimate of drug-likeness (QED) is 0.594. The molecule has 0 radical (unpaired) electrons. The van der Waals surface area contributed by atoms with Crippen molar-refractivity contribution < 1.29 is 27.4 Å². The van der Waals surface area contributed by atoms with E-state index in [0.29, 0.717) is 36.1 Å². The van der Waals surface area contributed by atoms with Gasteiger partial charge in [0, 0.05) is 40.5 Å². The number of nitrogens with zero attached hydrogens (tertiary/aromatic N) is 3. The molecular formula is C23H20F3N5O3. The molecule has 0 atom stereocenters. The second-order valence-electron chi connectivity index (χ2n) is 7.25. The lowest BCUT2D eigenvalue weighted by molar-refractivity contribution is -0.141. The van der Waals surface area contributed by atoms with Crippen LogP contribution in [0.1, 0.15) is 34.1 Å². The van der Waals surface area contributed by atoms with Gasteiger partial charge in [0.1, 0.15) is 23.4 Å². The first-order valence-corrected chi connectivity index (χ1v) is 9.92. The number of carbonyl (C=O) groups excluding carboxylic acids is 1. The first kappa shape index (κ1) is 24.5. The average Bonchev–Trinajstić information content (AvgIpc) is 2.78. The fourth-order valence-electron chi connectivity index (χ4n) is 2.87. The van der Waals surface area contributed by atoms with Crippen LogP contribution in [0.15, 0.2) is 60.7 Å². The van der Waals surface area contributed by atoms with Gasteiger partial charge in [-0.05, 0) is 37.3 Å². The van der Waals surface area contributed by atoms with Crippen LogP contribution in [0.3, 0.4) is 0 Å². The molecule has 1 saturated heterocycles. The number of nitrogens with one attached hydrogen (secondary N) is 1. The maximum absolute atomic E-state index is 12.9. The predicted molar refractivity (Wildman–Crippen MR) is 116 cm³/mol. The van der Waals surface area contributed by atoms with Crippen molar-refractivity contribution >= 4 is 11.5 Å². The molecule has 176 valence electrons. The normalized spacial score (nSPS) is 15.0. The summed E-state index contributed by atoms with van der Waals surface area (Å²) in [5, 5.41) is 12.0. The van der Waals surface area contributed by atoms with Crippen molar-refractivity contribution in [1.82, 2.24) is 15.3 Å². The predicted octanol–water partition coefficient (Wildman–Crippen LogP) is 3.33. The highest BCUT2D eigenvalue weighted by molar-refractivity contribution is 5.96. The number of alkyl halides is 3. The largest absolute Gasteiger partial charge is 0.468 e. The lowest BCUT2D eigenvalue weighted by Crippen LogP contribution is -2.38. The van der Waals surface area contributed by atoms with Gasteiger partial charge in [0.2, 0.25) is 5.88 Å². The molecule has 2 aromatic rings. The van der Waals surface area contributed by atoms with E-state index in [1.165, 1.54) is 24.4 Å². The Morgan fingerprint density at radius 2 is 2.09 bits per heavy atom. The van der Waals surface area contributed by atoms with Crippen LogP contribution in [0.5, 0.6) is 5.88 Å². The van der Waals surface area contributed by atoms with Gasteiger partial charge >= 0.3 is 6.18 Å². The lowest BCUT2D eigenvalue weighted by atomic mass is 10.0. The highest BCUT2D eigenvalue weighted by atomic mass is 19.4. The number of hydrogen-bond donors (Lipinski definition) is 2. The van der Waals surface area contributed by atoms with Crippen LogP contribution >= 0.6 is 0 Å². The van der Waals surface area contributed by atoms with Crippen LogP contribution in [0, 0.1) is 11.3 Å². The fourth-order valence-corrected chi connectivity index (χ4v) is 2.87. The molecule has 1 amide bonds. The zero-order chi connectivity index (χ0) is 24.9.